The molecule has 1 atom stereocenters. The average Bonchev–Trinajstić information content (AvgIpc) is 2.43. The third-order valence-corrected chi connectivity index (χ3v) is 3.46. The molecule has 5 nitrogen and oxygen atoms in total. The van der Waals surface area contributed by atoms with Crippen LogP contribution in [0.2, 0.25) is 0 Å². The first-order valence-corrected chi connectivity index (χ1v) is 8.28. The Morgan fingerprint density at radius 3 is 2.08 bits per heavy atom. The first-order chi connectivity index (χ1) is 11.3. The largest absolute Gasteiger partial charge is 0.444 e. The lowest BCUT2D eigenvalue weighted by Gasteiger charge is -2.32. The smallest absolute Gasteiger partial charge is 0.410 e. The highest BCUT2D eigenvalue weighted by Gasteiger charge is 2.29. The van der Waals surface area contributed by atoms with Crippen molar-refractivity contribution in [3.05, 3.63) is 35.6 Å². The normalized spacial score (nSPS) is 13.1. The summed E-state index contributed by atoms with van der Waals surface area (Å²) in [6.07, 6.45) is -0.559. The highest BCUT2D eigenvalue weighted by Crippen LogP contribution is 2.32. The maximum Gasteiger partial charge on any atom is 0.410 e. The second-order valence-corrected chi connectivity index (χ2v) is 8.25. The molecular weight excluding hydrogens is 323 g/mol. The van der Waals surface area contributed by atoms with Gasteiger partial charge < -0.3 is 15.0 Å². The van der Waals surface area contributed by atoms with E-state index >= 15 is 0 Å². The molecule has 1 aromatic carbocycles. The minimum atomic E-state index is -0.621. The van der Waals surface area contributed by atoms with Gasteiger partial charge in [-0.25, -0.2) is 9.18 Å². The zero-order valence-electron chi connectivity index (χ0n) is 16.1. The minimum Gasteiger partial charge on any atom is -0.444 e. The van der Waals surface area contributed by atoms with Crippen LogP contribution < -0.4 is 5.32 Å². The maximum absolute atomic E-state index is 13.2. The molecule has 1 N–H and O–H groups in total. The number of nitrogens with zero attached hydrogens (tertiary/aromatic N) is 1. The minimum absolute atomic E-state index is 0.122. The van der Waals surface area contributed by atoms with Gasteiger partial charge in [0, 0.05) is 7.05 Å². The fraction of sp³-hybridized carbons (Fsp3) is 0.579. The third kappa shape index (κ3) is 7.11. The molecule has 0 heterocycles. The van der Waals surface area contributed by atoms with Gasteiger partial charge in [0.2, 0.25) is 5.91 Å². The van der Waals surface area contributed by atoms with E-state index in [9.17, 15) is 14.0 Å². The molecular formula is C19H29FN2O3. The summed E-state index contributed by atoms with van der Waals surface area (Å²) in [4.78, 5) is 25.6. The Morgan fingerprint density at radius 1 is 1.12 bits per heavy atom. The van der Waals surface area contributed by atoms with Gasteiger partial charge in [0.15, 0.2) is 0 Å². The van der Waals surface area contributed by atoms with Crippen LogP contribution in [0, 0.1) is 11.2 Å². The summed E-state index contributed by atoms with van der Waals surface area (Å²) in [5.74, 6) is -0.634. The van der Waals surface area contributed by atoms with Crippen LogP contribution in [-0.2, 0) is 9.53 Å². The lowest BCUT2D eigenvalue weighted by atomic mass is 9.82. The number of likely N-dealkylation sites (N-methyl/N-ethyl adjacent to an activating group) is 1. The van der Waals surface area contributed by atoms with Crippen LogP contribution in [-0.4, -0.2) is 36.1 Å². The van der Waals surface area contributed by atoms with Gasteiger partial charge in [0.1, 0.15) is 18.0 Å². The van der Waals surface area contributed by atoms with E-state index in [1.165, 1.54) is 24.1 Å². The molecule has 6 heteroatoms. The van der Waals surface area contributed by atoms with Gasteiger partial charge in [0.25, 0.3) is 0 Å². The molecule has 0 aliphatic heterocycles. The van der Waals surface area contributed by atoms with Gasteiger partial charge in [-0.3, -0.25) is 4.79 Å². The van der Waals surface area contributed by atoms with Crippen molar-refractivity contribution in [3.8, 4) is 0 Å². The summed E-state index contributed by atoms with van der Waals surface area (Å²) >= 11 is 0. The Labute approximate surface area is 149 Å². The fourth-order valence-electron chi connectivity index (χ4n) is 2.28. The Hall–Kier alpha value is -2.11. The molecule has 1 aromatic rings. The van der Waals surface area contributed by atoms with Gasteiger partial charge in [-0.15, -0.1) is 0 Å². The molecule has 1 rings (SSSR count). The number of halogens is 1. The van der Waals surface area contributed by atoms with E-state index in [2.05, 4.69) is 5.32 Å². The first kappa shape index (κ1) is 20.9. The summed E-state index contributed by atoms with van der Waals surface area (Å²) in [5, 5.41) is 2.93. The summed E-state index contributed by atoms with van der Waals surface area (Å²) in [6.45, 7) is 11.1. The molecule has 0 spiro atoms. The zero-order valence-corrected chi connectivity index (χ0v) is 16.1. The lowest BCUT2D eigenvalue weighted by molar-refractivity contribution is -0.123. The number of hydrogen-bond acceptors (Lipinski definition) is 3. The van der Waals surface area contributed by atoms with Gasteiger partial charge in [-0.1, -0.05) is 32.9 Å². The second kappa shape index (κ2) is 7.85. The number of rotatable bonds is 4. The van der Waals surface area contributed by atoms with Crippen molar-refractivity contribution < 1.29 is 18.7 Å². The molecule has 140 valence electrons. The molecule has 0 aromatic heterocycles. The van der Waals surface area contributed by atoms with Crippen molar-refractivity contribution in [2.75, 3.05) is 13.6 Å². The van der Waals surface area contributed by atoms with Crippen LogP contribution in [0.1, 0.15) is 53.1 Å². The highest BCUT2D eigenvalue weighted by atomic mass is 19.1. The Kier molecular flexibility index (Phi) is 6.57. The number of carbonyl (C=O) groups is 2. The molecule has 0 aliphatic carbocycles. The molecule has 0 saturated heterocycles. The van der Waals surface area contributed by atoms with Gasteiger partial charge in [-0.2, -0.15) is 0 Å². The fourth-order valence-corrected chi connectivity index (χ4v) is 2.28. The lowest BCUT2D eigenvalue weighted by Crippen LogP contribution is -2.44. The van der Waals surface area contributed by atoms with E-state index in [1.807, 2.05) is 20.8 Å². The van der Waals surface area contributed by atoms with E-state index in [0.29, 0.717) is 0 Å². The van der Waals surface area contributed by atoms with E-state index in [4.69, 9.17) is 4.74 Å². The molecule has 0 bridgehead atoms. The highest BCUT2D eigenvalue weighted by molar-refractivity contribution is 5.82. The molecule has 0 aliphatic rings. The van der Waals surface area contributed by atoms with Crippen LogP contribution in [0.5, 0.6) is 0 Å². The second-order valence-electron chi connectivity index (χ2n) is 8.25. The van der Waals surface area contributed by atoms with Crippen molar-refractivity contribution in [2.24, 2.45) is 5.41 Å². The molecule has 1 unspecified atom stereocenters. The van der Waals surface area contributed by atoms with Gasteiger partial charge in [0.05, 0.1) is 6.04 Å². The number of amides is 2. The van der Waals surface area contributed by atoms with Crippen molar-refractivity contribution in [3.63, 3.8) is 0 Å². The standard InChI is InChI=1S/C19H29FN2O3/c1-18(2,3)16(13-8-10-14(20)11-9-13)21-15(23)12-22(7)17(24)25-19(4,5)6/h8-11,16H,12H2,1-7H3,(H,21,23). The first-order valence-electron chi connectivity index (χ1n) is 8.28. The predicted molar refractivity (Wildman–Crippen MR) is 95.6 cm³/mol. The van der Waals surface area contributed by atoms with Crippen LogP contribution in [0.3, 0.4) is 0 Å². The summed E-state index contributed by atoms with van der Waals surface area (Å²) in [5.41, 5.74) is -0.0934. The molecule has 0 radical (unpaired) electrons. The third-order valence-electron chi connectivity index (χ3n) is 3.46. The summed E-state index contributed by atoms with van der Waals surface area (Å²) in [6, 6.07) is 5.74. The number of carbonyl (C=O) groups excluding carboxylic acids is 2. The Bertz CT molecular complexity index is 601. The number of ether oxygens (including phenoxy) is 1. The van der Waals surface area contributed by atoms with E-state index in [0.717, 1.165) is 5.56 Å². The SMILES string of the molecule is CN(CC(=O)NC(c1ccc(F)cc1)C(C)(C)C)C(=O)OC(C)(C)C. The van der Waals surface area contributed by atoms with Crippen LogP contribution >= 0.6 is 0 Å². The van der Waals surface area contributed by atoms with Crippen molar-refractivity contribution in [1.82, 2.24) is 10.2 Å². The molecule has 0 saturated carbocycles. The molecule has 0 fully saturated rings. The van der Waals surface area contributed by atoms with Gasteiger partial charge in [-0.05, 0) is 43.9 Å². The number of benzene rings is 1. The maximum atomic E-state index is 13.2. The van der Waals surface area contributed by atoms with Crippen molar-refractivity contribution >= 4 is 12.0 Å². The number of hydrogen-bond donors (Lipinski definition) is 1. The van der Waals surface area contributed by atoms with Crippen molar-refractivity contribution in [1.29, 1.82) is 0 Å². The monoisotopic (exact) mass is 352 g/mol. The molecule has 2 amide bonds. The van der Waals surface area contributed by atoms with Crippen LogP contribution in [0.4, 0.5) is 9.18 Å². The van der Waals surface area contributed by atoms with Crippen molar-refractivity contribution in [2.45, 2.75) is 53.2 Å². The zero-order chi connectivity index (χ0) is 19.4. The summed E-state index contributed by atoms with van der Waals surface area (Å²) < 4.78 is 18.4. The van der Waals surface area contributed by atoms with Crippen LogP contribution in [0.25, 0.3) is 0 Å². The van der Waals surface area contributed by atoms with E-state index in [1.54, 1.807) is 32.9 Å². The summed E-state index contributed by atoms with van der Waals surface area (Å²) in [7, 11) is 1.51. The average molecular weight is 352 g/mol. The van der Waals surface area contributed by atoms with Gasteiger partial charge >= 0.3 is 6.09 Å². The predicted octanol–water partition coefficient (Wildman–Crippen LogP) is 3.90. The molecule has 25 heavy (non-hydrogen) atoms. The topological polar surface area (TPSA) is 58.6 Å². The van der Waals surface area contributed by atoms with E-state index in [-0.39, 0.29) is 29.7 Å². The Morgan fingerprint density at radius 2 is 1.64 bits per heavy atom. The quantitative estimate of drug-likeness (QED) is 0.894. The number of nitrogens with one attached hydrogen (secondary N) is 1. The van der Waals surface area contributed by atoms with Crippen LogP contribution in [0.15, 0.2) is 24.3 Å². The van der Waals surface area contributed by atoms with E-state index < -0.39 is 11.7 Å². The Balaban J connectivity index is 2.79.